The van der Waals surface area contributed by atoms with Gasteiger partial charge in [-0.1, -0.05) is 36.4 Å². The summed E-state index contributed by atoms with van der Waals surface area (Å²) >= 11 is 1.64. The van der Waals surface area contributed by atoms with Gasteiger partial charge in [-0.05, 0) is 17.9 Å². The average Bonchev–Trinajstić information content (AvgIpc) is 2.96. The lowest BCUT2D eigenvalue weighted by Crippen LogP contribution is -2.29. The Balaban J connectivity index is 1.73. The van der Waals surface area contributed by atoms with Crippen LogP contribution in [0, 0.1) is 0 Å². The van der Waals surface area contributed by atoms with Gasteiger partial charge in [0.05, 0.1) is 6.54 Å². The molecular weight excluding hydrogens is 258 g/mol. The van der Waals surface area contributed by atoms with E-state index in [2.05, 4.69) is 5.32 Å². The van der Waals surface area contributed by atoms with Gasteiger partial charge in [-0.15, -0.1) is 11.3 Å². The SMILES string of the molecule is O=C(CCc1cccs1)NCC(=O)c1ccccc1. The van der Waals surface area contributed by atoms with Crippen LogP contribution in [0.4, 0.5) is 0 Å². The van der Waals surface area contributed by atoms with Gasteiger partial charge in [0.15, 0.2) is 5.78 Å². The number of hydrogen-bond acceptors (Lipinski definition) is 3. The van der Waals surface area contributed by atoms with E-state index in [1.54, 1.807) is 23.5 Å². The normalized spacial score (nSPS) is 10.1. The molecule has 2 rings (SSSR count). The average molecular weight is 273 g/mol. The summed E-state index contributed by atoms with van der Waals surface area (Å²) in [6.07, 6.45) is 1.14. The van der Waals surface area contributed by atoms with Crippen molar-refractivity contribution in [1.82, 2.24) is 5.32 Å². The zero-order chi connectivity index (χ0) is 13.5. The van der Waals surface area contributed by atoms with E-state index in [-0.39, 0.29) is 18.2 Å². The van der Waals surface area contributed by atoms with E-state index in [0.29, 0.717) is 12.0 Å². The second-order valence-electron chi connectivity index (χ2n) is 4.15. The van der Waals surface area contributed by atoms with E-state index in [9.17, 15) is 9.59 Å². The lowest BCUT2D eigenvalue weighted by Gasteiger charge is -2.04. The molecule has 0 saturated heterocycles. The molecule has 1 heterocycles. The van der Waals surface area contributed by atoms with Crippen LogP contribution in [0.15, 0.2) is 47.8 Å². The predicted molar refractivity (Wildman–Crippen MR) is 76.4 cm³/mol. The Hall–Kier alpha value is -1.94. The number of carbonyl (C=O) groups excluding carboxylic acids is 2. The molecule has 4 heteroatoms. The molecule has 98 valence electrons. The van der Waals surface area contributed by atoms with Crippen molar-refractivity contribution in [1.29, 1.82) is 0 Å². The van der Waals surface area contributed by atoms with Crippen LogP contribution in [0.3, 0.4) is 0 Å². The molecule has 0 atom stereocenters. The standard InChI is InChI=1S/C15H15NO2S/c17-14(12-5-2-1-3-6-12)11-16-15(18)9-8-13-7-4-10-19-13/h1-7,10H,8-9,11H2,(H,16,18). The van der Waals surface area contributed by atoms with Crippen molar-refractivity contribution in [3.05, 3.63) is 58.3 Å². The van der Waals surface area contributed by atoms with Gasteiger partial charge < -0.3 is 5.32 Å². The number of aryl methyl sites for hydroxylation is 1. The van der Waals surface area contributed by atoms with Gasteiger partial charge in [0.25, 0.3) is 0 Å². The zero-order valence-corrected chi connectivity index (χ0v) is 11.3. The van der Waals surface area contributed by atoms with Crippen molar-refractivity contribution >= 4 is 23.0 Å². The Morgan fingerprint density at radius 2 is 1.84 bits per heavy atom. The van der Waals surface area contributed by atoms with Crippen LogP contribution >= 0.6 is 11.3 Å². The van der Waals surface area contributed by atoms with Gasteiger partial charge in [-0.3, -0.25) is 9.59 Å². The van der Waals surface area contributed by atoms with Crippen molar-refractivity contribution in [3.63, 3.8) is 0 Å². The van der Waals surface area contributed by atoms with Crippen molar-refractivity contribution in [2.75, 3.05) is 6.54 Å². The van der Waals surface area contributed by atoms with E-state index in [1.807, 2.05) is 35.7 Å². The number of benzene rings is 1. The molecule has 0 radical (unpaired) electrons. The van der Waals surface area contributed by atoms with Crippen molar-refractivity contribution in [2.45, 2.75) is 12.8 Å². The fourth-order valence-corrected chi connectivity index (χ4v) is 2.39. The highest BCUT2D eigenvalue weighted by molar-refractivity contribution is 7.09. The van der Waals surface area contributed by atoms with Gasteiger partial charge in [0.1, 0.15) is 0 Å². The lowest BCUT2D eigenvalue weighted by atomic mass is 10.1. The number of thiophene rings is 1. The summed E-state index contributed by atoms with van der Waals surface area (Å²) in [5.74, 6) is -0.150. The molecule has 0 aliphatic rings. The van der Waals surface area contributed by atoms with Crippen molar-refractivity contribution in [2.24, 2.45) is 0 Å². The minimum atomic E-state index is -0.0855. The molecule has 2 aromatic rings. The molecule has 0 saturated carbocycles. The highest BCUT2D eigenvalue weighted by Crippen LogP contribution is 2.10. The fraction of sp³-hybridized carbons (Fsp3) is 0.200. The number of ketones is 1. The maximum Gasteiger partial charge on any atom is 0.220 e. The maximum absolute atomic E-state index is 11.8. The van der Waals surface area contributed by atoms with Gasteiger partial charge >= 0.3 is 0 Å². The number of Topliss-reactive ketones (excluding diaryl/α,β-unsaturated/α-hetero) is 1. The highest BCUT2D eigenvalue weighted by atomic mass is 32.1. The quantitative estimate of drug-likeness (QED) is 0.822. The summed E-state index contributed by atoms with van der Waals surface area (Å²) in [7, 11) is 0. The van der Waals surface area contributed by atoms with Gasteiger partial charge in [0.2, 0.25) is 5.91 Å². The Morgan fingerprint density at radius 3 is 2.53 bits per heavy atom. The Morgan fingerprint density at radius 1 is 1.05 bits per heavy atom. The number of nitrogens with one attached hydrogen (secondary N) is 1. The molecule has 1 aromatic heterocycles. The van der Waals surface area contributed by atoms with E-state index in [4.69, 9.17) is 0 Å². The van der Waals surface area contributed by atoms with Crippen molar-refractivity contribution in [3.8, 4) is 0 Å². The van der Waals surface area contributed by atoms with E-state index in [1.165, 1.54) is 4.88 Å². The van der Waals surface area contributed by atoms with Gasteiger partial charge in [-0.25, -0.2) is 0 Å². The second-order valence-corrected chi connectivity index (χ2v) is 5.18. The molecule has 0 fully saturated rings. The van der Waals surface area contributed by atoms with Crippen LogP contribution in [0.25, 0.3) is 0 Å². The largest absolute Gasteiger partial charge is 0.349 e. The molecule has 0 aliphatic heterocycles. The number of carbonyl (C=O) groups is 2. The van der Waals surface area contributed by atoms with Crippen molar-refractivity contribution < 1.29 is 9.59 Å². The molecular formula is C15H15NO2S. The first-order valence-electron chi connectivity index (χ1n) is 6.13. The summed E-state index contributed by atoms with van der Waals surface area (Å²) in [6.45, 7) is 0.0628. The predicted octanol–water partition coefficient (Wildman–Crippen LogP) is 2.68. The fourth-order valence-electron chi connectivity index (χ4n) is 1.68. The van der Waals surface area contributed by atoms with Crippen LogP contribution in [-0.4, -0.2) is 18.2 Å². The van der Waals surface area contributed by atoms with Crippen LogP contribution in [-0.2, 0) is 11.2 Å². The van der Waals surface area contributed by atoms with Gasteiger partial charge in [-0.2, -0.15) is 0 Å². The number of amides is 1. The summed E-state index contributed by atoms with van der Waals surface area (Å²) in [4.78, 5) is 24.6. The Kier molecular flexibility index (Phi) is 4.86. The maximum atomic E-state index is 11.8. The molecule has 19 heavy (non-hydrogen) atoms. The molecule has 0 spiro atoms. The molecule has 1 N–H and O–H groups in total. The van der Waals surface area contributed by atoms with E-state index >= 15 is 0 Å². The molecule has 0 bridgehead atoms. The van der Waals surface area contributed by atoms with Crippen LogP contribution in [0.1, 0.15) is 21.7 Å². The zero-order valence-electron chi connectivity index (χ0n) is 10.5. The third kappa shape index (κ3) is 4.34. The summed E-state index contributed by atoms with van der Waals surface area (Å²) in [5, 5.41) is 4.65. The monoisotopic (exact) mass is 273 g/mol. The van der Waals surface area contributed by atoms with E-state index in [0.717, 1.165) is 6.42 Å². The number of rotatable bonds is 6. The first-order valence-corrected chi connectivity index (χ1v) is 7.01. The van der Waals surface area contributed by atoms with E-state index < -0.39 is 0 Å². The third-order valence-electron chi connectivity index (χ3n) is 2.72. The summed E-state index contributed by atoms with van der Waals surface area (Å²) < 4.78 is 0. The Labute approximate surface area is 116 Å². The topological polar surface area (TPSA) is 46.2 Å². The first kappa shape index (κ1) is 13.5. The summed E-state index contributed by atoms with van der Waals surface area (Å²) in [6, 6.07) is 13.0. The molecule has 3 nitrogen and oxygen atoms in total. The molecule has 1 amide bonds. The third-order valence-corrected chi connectivity index (χ3v) is 3.66. The van der Waals surface area contributed by atoms with Crippen LogP contribution in [0.2, 0.25) is 0 Å². The number of hydrogen-bond donors (Lipinski definition) is 1. The first-order chi connectivity index (χ1) is 9.25. The summed E-state index contributed by atoms with van der Waals surface area (Å²) in [5.41, 5.74) is 0.626. The second kappa shape index (κ2) is 6.85. The Bertz CT molecular complexity index is 535. The minimum absolute atomic E-state index is 0.0628. The van der Waals surface area contributed by atoms with Gasteiger partial charge in [0, 0.05) is 16.9 Å². The molecule has 0 aliphatic carbocycles. The molecule has 1 aromatic carbocycles. The smallest absolute Gasteiger partial charge is 0.220 e. The van der Waals surface area contributed by atoms with Crippen LogP contribution in [0.5, 0.6) is 0 Å². The lowest BCUT2D eigenvalue weighted by molar-refractivity contribution is -0.120. The highest BCUT2D eigenvalue weighted by Gasteiger charge is 2.07. The van der Waals surface area contributed by atoms with Crippen LogP contribution < -0.4 is 5.32 Å². The molecule has 0 unspecified atom stereocenters. The minimum Gasteiger partial charge on any atom is -0.349 e.